The van der Waals surface area contributed by atoms with E-state index in [0.717, 1.165) is 69.6 Å². The molecule has 0 amide bonds. The van der Waals surface area contributed by atoms with Crippen molar-refractivity contribution < 1.29 is 8.83 Å². The first-order valence-electron chi connectivity index (χ1n) is 16.2. The van der Waals surface area contributed by atoms with Gasteiger partial charge >= 0.3 is 0 Å². The van der Waals surface area contributed by atoms with Crippen LogP contribution in [0.15, 0.2) is 118 Å². The average molecular weight is 593 g/mol. The van der Waals surface area contributed by atoms with Gasteiger partial charge in [0.15, 0.2) is 0 Å². The standard InChI is InChI=1S/C42H28N2O2/c1-5-13-33-29(11-1)41-35(43(33)25-17-21-39-31(23-25)27-9-3-7-15-37(27)45-39)19-20-36-42(41)30-12-2-6-14-34(30)44(36)26-18-22-40-32(24-26)28-10-4-8-16-38(28)46-40/h1-4,7-12,15-24H,5-6,13-14H2. The second kappa shape index (κ2) is 8.92. The molecule has 11 rings (SSSR count). The number of nitrogens with zero attached hydrogens (tertiary/aromatic N) is 2. The summed E-state index contributed by atoms with van der Waals surface area (Å²) in [6.07, 6.45) is 13.5. The molecule has 2 aliphatic carbocycles. The Morgan fingerprint density at radius 1 is 0.457 bits per heavy atom. The molecule has 4 heteroatoms. The lowest BCUT2D eigenvalue weighted by Crippen LogP contribution is -2.03. The summed E-state index contributed by atoms with van der Waals surface area (Å²) >= 11 is 0. The third-order valence-electron chi connectivity index (χ3n) is 10.2. The Balaban J connectivity index is 1.22. The van der Waals surface area contributed by atoms with Crippen LogP contribution in [0.1, 0.15) is 35.4 Å². The van der Waals surface area contributed by atoms with Gasteiger partial charge in [0.2, 0.25) is 0 Å². The molecule has 0 atom stereocenters. The van der Waals surface area contributed by atoms with Crippen LogP contribution < -0.4 is 0 Å². The molecule has 2 aliphatic rings. The molecule has 0 saturated heterocycles. The third kappa shape index (κ3) is 3.18. The summed E-state index contributed by atoms with van der Waals surface area (Å²) in [4.78, 5) is 0. The molecule has 0 radical (unpaired) electrons. The van der Waals surface area contributed by atoms with E-state index in [0.29, 0.717) is 0 Å². The highest BCUT2D eigenvalue weighted by molar-refractivity contribution is 6.16. The lowest BCUT2D eigenvalue weighted by molar-refractivity contribution is 0.668. The molecule has 0 saturated carbocycles. The van der Waals surface area contributed by atoms with Crippen LogP contribution in [0.2, 0.25) is 0 Å². The highest BCUT2D eigenvalue weighted by Gasteiger charge is 2.27. The van der Waals surface area contributed by atoms with Crippen molar-refractivity contribution >= 4 is 77.8 Å². The van der Waals surface area contributed by atoms with Crippen molar-refractivity contribution in [2.75, 3.05) is 0 Å². The molecule has 4 heterocycles. The van der Waals surface area contributed by atoms with Crippen molar-refractivity contribution in [3.8, 4) is 11.4 Å². The smallest absolute Gasteiger partial charge is 0.135 e. The second-order valence-electron chi connectivity index (χ2n) is 12.7. The molecule has 46 heavy (non-hydrogen) atoms. The second-order valence-corrected chi connectivity index (χ2v) is 12.7. The number of furan rings is 2. The molecule has 4 aromatic heterocycles. The van der Waals surface area contributed by atoms with Crippen LogP contribution in [-0.4, -0.2) is 9.13 Å². The molecule has 0 spiro atoms. The summed E-state index contributed by atoms with van der Waals surface area (Å²) < 4.78 is 17.4. The summed E-state index contributed by atoms with van der Waals surface area (Å²) in [5.74, 6) is 0. The largest absolute Gasteiger partial charge is 0.456 e. The first kappa shape index (κ1) is 24.6. The van der Waals surface area contributed by atoms with Gasteiger partial charge in [-0.3, -0.25) is 0 Å². The van der Waals surface area contributed by atoms with E-state index < -0.39 is 0 Å². The summed E-state index contributed by atoms with van der Waals surface area (Å²) in [6, 6.07) is 34.7. The molecule has 0 fully saturated rings. The molecule has 9 aromatic rings. The van der Waals surface area contributed by atoms with Crippen LogP contribution in [0, 0.1) is 0 Å². The summed E-state index contributed by atoms with van der Waals surface area (Å²) in [7, 11) is 0. The predicted molar refractivity (Wildman–Crippen MR) is 189 cm³/mol. The quantitative estimate of drug-likeness (QED) is 0.200. The average Bonchev–Trinajstić information content (AvgIpc) is 3.85. The van der Waals surface area contributed by atoms with Gasteiger partial charge in [-0.2, -0.15) is 0 Å². The zero-order chi connectivity index (χ0) is 29.9. The van der Waals surface area contributed by atoms with E-state index in [1.54, 1.807) is 0 Å². The molecule has 4 nitrogen and oxygen atoms in total. The Hall–Kier alpha value is -5.74. The van der Waals surface area contributed by atoms with Gasteiger partial charge in [-0.25, -0.2) is 0 Å². The first-order chi connectivity index (χ1) is 22.8. The van der Waals surface area contributed by atoms with E-state index >= 15 is 0 Å². The number of fused-ring (bicyclic) bond motifs is 13. The predicted octanol–water partition coefficient (Wildman–Crippen LogP) is 11.3. The Bertz CT molecular complexity index is 2620. The lowest BCUT2D eigenvalue weighted by atomic mass is 9.96. The Morgan fingerprint density at radius 3 is 1.41 bits per heavy atom. The van der Waals surface area contributed by atoms with Crippen LogP contribution in [-0.2, 0) is 12.8 Å². The molecule has 0 unspecified atom stereocenters. The minimum Gasteiger partial charge on any atom is -0.456 e. The zero-order valence-electron chi connectivity index (χ0n) is 25.1. The number of rotatable bonds is 2. The minimum atomic E-state index is 0.927. The number of benzene rings is 5. The van der Waals surface area contributed by atoms with Crippen LogP contribution in [0.5, 0.6) is 0 Å². The van der Waals surface area contributed by atoms with Crippen LogP contribution in [0.25, 0.3) is 89.2 Å². The number of para-hydroxylation sites is 2. The maximum Gasteiger partial charge on any atom is 0.135 e. The fraction of sp³-hybridized carbons (Fsp3) is 0.0952. The van der Waals surface area contributed by atoms with Gasteiger partial charge in [0.05, 0.1) is 11.0 Å². The molecular formula is C42H28N2O2. The normalized spacial score (nSPS) is 14.4. The summed E-state index contributed by atoms with van der Waals surface area (Å²) in [5.41, 5.74) is 14.0. The fourth-order valence-corrected chi connectivity index (χ4v) is 8.31. The van der Waals surface area contributed by atoms with Crippen LogP contribution in [0.3, 0.4) is 0 Å². The van der Waals surface area contributed by atoms with E-state index in [9.17, 15) is 0 Å². The molecule has 0 N–H and O–H groups in total. The van der Waals surface area contributed by atoms with Gasteiger partial charge in [-0.1, -0.05) is 60.7 Å². The van der Waals surface area contributed by atoms with Gasteiger partial charge in [-0.15, -0.1) is 0 Å². The molecule has 5 aromatic carbocycles. The van der Waals surface area contributed by atoms with E-state index in [2.05, 4.69) is 118 Å². The maximum atomic E-state index is 6.20. The Labute approximate surface area is 264 Å². The van der Waals surface area contributed by atoms with Gasteiger partial charge in [0.1, 0.15) is 22.3 Å². The maximum absolute atomic E-state index is 6.20. The van der Waals surface area contributed by atoms with Gasteiger partial charge in [-0.05, 0) is 86.3 Å². The molecule has 218 valence electrons. The van der Waals surface area contributed by atoms with Gasteiger partial charge < -0.3 is 18.0 Å². The minimum absolute atomic E-state index is 0.927. The van der Waals surface area contributed by atoms with Crippen molar-refractivity contribution in [3.05, 3.63) is 132 Å². The first-order valence-corrected chi connectivity index (χ1v) is 16.2. The van der Waals surface area contributed by atoms with Crippen molar-refractivity contribution in [3.63, 3.8) is 0 Å². The molecule has 0 bridgehead atoms. The highest BCUT2D eigenvalue weighted by Crippen LogP contribution is 2.44. The van der Waals surface area contributed by atoms with E-state index in [-0.39, 0.29) is 0 Å². The van der Waals surface area contributed by atoms with E-state index in [1.165, 1.54) is 55.7 Å². The number of hydrogen-bond donors (Lipinski definition) is 0. The van der Waals surface area contributed by atoms with E-state index in [1.807, 2.05) is 12.1 Å². The summed E-state index contributed by atoms with van der Waals surface area (Å²) in [5, 5.41) is 7.32. The SMILES string of the molecule is C1=Cc2c(n(-c3ccc4oc5ccccc5c4c3)c3ccc4c(c5c(n4-c4ccc6oc7ccccc7c6c4)CCC=C5)c23)CC1. The Morgan fingerprint density at radius 2 is 0.913 bits per heavy atom. The fourth-order valence-electron chi connectivity index (χ4n) is 8.31. The van der Waals surface area contributed by atoms with Gasteiger partial charge in [0, 0.05) is 66.2 Å². The van der Waals surface area contributed by atoms with Crippen molar-refractivity contribution in [2.45, 2.75) is 25.7 Å². The van der Waals surface area contributed by atoms with E-state index in [4.69, 9.17) is 8.83 Å². The van der Waals surface area contributed by atoms with Crippen molar-refractivity contribution in [1.29, 1.82) is 0 Å². The van der Waals surface area contributed by atoms with Crippen molar-refractivity contribution in [2.24, 2.45) is 0 Å². The third-order valence-corrected chi connectivity index (χ3v) is 10.2. The lowest BCUT2D eigenvalue weighted by Gasteiger charge is -2.14. The molecule has 0 aliphatic heterocycles. The summed E-state index contributed by atoms with van der Waals surface area (Å²) in [6.45, 7) is 0. The topological polar surface area (TPSA) is 36.1 Å². The van der Waals surface area contributed by atoms with Crippen molar-refractivity contribution in [1.82, 2.24) is 9.13 Å². The van der Waals surface area contributed by atoms with Crippen LogP contribution in [0.4, 0.5) is 0 Å². The van der Waals surface area contributed by atoms with Gasteiger partial charge in [0.25, 0.3) is 0 Å². The number of allylic oxidation sites excluding steroid dienone is 2. The molecular weight excluding hydrogens is 564 g/mol. The Kier molecular flexibility index (Phi) is 4.76. The highest BCUT2D eigenvalue weighted by atomic mass is 16.3. The zero-order valence-corrected chi connectivity index (χ0v) is 25.1. The van der Waals surface area contributed by atoms with Crippen LogP contribution >= 0.6 is 0 Å². The monoisotopic (exact) mass is 592 g/mol. The number of aromatic nitrogens is 2. The number of hydrogen-bond acceptors (Lipinski definition) is 2.